The predicted molar refractivity (Wildman–Crippen MR) is 91.4 cm³/mol. The SMILES string of the molecule is CS(=O)(=O)N1CCN(c2cc(Cl)cc3[nH]ncc23)CC12CCC2. The molecule has 0 unspecified atom stereocenters. The van der Waals surface area contributed by atoms with Gasteiger partial charge in [-0.05, 0) is 31.4 Å². The van der Waals surface area contributed by atoms with Gasteiger partial charge in [0.25, 0.3) is 0 Å². The van der Waals surface area contributed by atoms with Gasteiger partial charge in [-0.25, -0.2) is 8.42 Å². The molecule has 6 nitrogen and oxygen atoms in total. The maximum atomic E-state index is 12.1. The molecule has 1 aliphatic carbocycles. The molecule has 2 aromatic rings. The summed E-state index contributed by atoms with van der Waals surface area (Å²) in [4.78, 5) is 2.25. The molecule has 1 aliphatic heterocycles. The van der Waals surface area contributed by atoms with Gasteiger partial charge in [0.15, 0.2) is 0 Å². The number of fused-ring (bicyclic) bond motifs is 1. The zero-order chi connectivity index (χ0) is 16.2. The molecule has 0 bridgehead atoms. The van der Waals surface area contributed by atoms with E-state index >= 15 is 0 Å². The van der Waals surface area contributed by atoms with Gasteiger partial charge in [0.05, 0.1) is 23.5 Å². The Morgan fingerprint density at radius 3 is 2.74 bits per heavy atom. The number of sulfonamides is 1. The van der Waals surface area contributed by atoms with Crippen LogP contribution < -0.4 is 4.90 Å². The van der Waals surface area contributed by atoms with E-state index in [0.29, 0.717) is 24.7 Å². The number of H-pyrrole nitrogens is 1. The lowest BCUT2D eigenvalue weighted by molar-refractivity contribution is 0.0775. The van der Waals surface area contributed by atoms with E-state index in [0.717, 1.165) is 35.9 Å². The van der Waals surface area contributed by atoms with Crippen LogP contribution >= 0.6 is 11.6 Å². The Labute approximate surface area is 140 Å². The fourth-order valence-electron chi connectivity index (χ4n) is 3.94. The van der Waals surface area contributed by atoms with Gasteiger partial charge in [0, 0.05) is 35.7 Å². The van der Waals surface area contributed by atoms with E-state index in [1.54, 1.807) is 10.5 Å². The monoisotopic (exact) mass is 354 g/mol. The van der Waals surface area contributed by atoms with Crippen LogP contribution in [0.15, 0.2) is 18.3 Å². The molecule has 2 fully saturated rings. The summed E-state index contributed by atoms with van der Waals surface area (Å²) in [5.74, 6) is 0. The van der Waals surface area contributed by atoms with Crippen molar-refractivity contribution in [1.82, 2.24) is 14.5 Å². The number of nitrogens with zero attached hydrogens (tertiary/aromatic N) is 3. The van der Waals surface area contributed by atoms with Crippen molar-refractivity contribution in [3.63, 3.8) is 0 Å². The third kappa shape index (κ3) is 2.42. The van der Waals surface area contributed by atoms with Crippen molar-refractivity contribution in [2.24, 2.45) is 0 Å². The molecule has 0 radical (unpaired) electrons. The van der Waals surface area contributed by atoms with E-state index in [-0.39, 0.29) is 5.54 Å². The van der Waals surface area contributed by atoms with E-state index in [1.165, 1.54) is 6.26 Å². The fraction of sp³-hybridized carbons (Fsp3) is 0.533. The Hall–Kier alpha value is -1.31. The minimum atomic E-state index is -3.18. The van der Waals surface area contributed by atoms with Gasteiger partial charge in [-0.15, -0.1) is 0 Å². The molecule has 23 heavy (non-hydrogen) atoms. The van der Waals surface area contributed by atoms with E-state index in [1.807, 2.05) is 12.1 Å². The van der Waals surface area contributed by atoms with E-state index < -0.39 is 10.0 Å². The predicted octanol–water partition coefficient (Wildman–Crippen LogP) is 2.22. The summed E-state index contributed by atoms with van der Waals surface area (Å²) >= 11 is 6.24. The first kappa shape index (κ1) is 15.2. The molecule has 1 N–H and O–H groups in total. The Balaban J connectivity index is 1.73. The highest BCUT2D eigenvalue weighted by atomic mass is 35.5. The minimum absolute atomic E-state index is 0.260. The lowest BCUT2D eigenvalue weighted by atomic mass is 9.75. The molecular weight excluding hydrogens is 336 g/mol. The van der Waals surface area contributed by atoms with Gasteiger partial charge in [0.2, 0.25) is 10.0 Å². The van der Waals surface area contributed by atoms with Crippen molar-refractivity contribution in [2.75, 3.05) is 30.8 Å². The number of benzene rings is 1. The van der Waals surface area contributed by atoms with Crippen LogP contribution in [0.5, 0.6) is 0 Å². The summed E-state index contributed by atoms with van der Waals surface area (Å²) in [6.45, 7) is 1.89. The van der Waals surface area contributed by atoms with Gasteiger partial charge in [-0.2, -0.15) is 9.40 Å². The van der Waals surface area contributed by atoms with Gasteiger partial charge in [-0.1, -0.05) is 11.6 Å². The van der Waals surface area contributed by atoms with Gasteiger partial charge in [0.1, 0.15) is 0 Å². The van der Waals surface area contributed by atoms with E-state index in [9.17, 15) is 8.42 Å². The molecule has 2 aliphatic rings. The molecule has 1 aromatic heterocycles. The van der Waals surface area contributed by atoms with Crippen molar-refractivity contribution < 1.29 is 8.42 Å². The van der Waals surface area contributed by atoms with Crippen LogP contribution in [0.4, 0.5) is 5.69 Å². The highest BCUT2D eigenvalue weighted by molar-refractivity contribution is 7.88. The average Bonchev–Trinajstić information content (AvgIpc) is 2.91. The normalized spacial score (nSPS) is 21.7. The fourth-order valence-corrected chi connectivity index (χ4v) is 5.51. The molecule has 2 heterocycles. The number of hydrogen-bond donors (Lipinski definition) is 1. The first-order valence-corrected chi connectivity index (χ1v) is 9.97. The third-order valence-corrected chi connectivity index (χ3v) is 6.70. The zero-order valence-electron chi connectivity index (χ0n) is 12.9. The molecule has 0 atom stereocenters. The Bertz CT molecular complexity index is 859. The third-order valence-electron chi connectivity index (χ3n) is 5.11. The summed E-state index contributed by atoms with van der Waals surface area (Å²) in [6, 6.07) is 3.81. The topological polar surface area (TPSA) is 69.3 Å². The van der Waals surface area contributed by atoms with E-state index in [2.05, 4.69) is 15.1 Å². The first-order chi connectivity index (χ1) is 10.9. The number of aromatic nitrogens is 2. The smallest absolute Gasteiger partial charge is 0.211 e. The van der Waals surface area contributed by atoms with Gasteiger partial charge < -0.3 is 4.90 Å². The maximum Gasteiger partial charge on any atom is 0.211 e. The van der Waals surface area contributed by atoms with Crippen LogP contribution in [0.1, 0.15) is 19.3 Å². The van der Waals surface area contributed by atoms with Crippen molar-refractivity contribution in [1.29, 1.82) is 0 Å². The van der Waals surface area contributed by atoms with Crippen LogP contribution in [0.2, 0.25) is 5.02 Å². The molecule has 124 valence electrons. The minimum Gasteiger partial charge on any atom is -0.368 e. The molecule has 0 amide bonds. The van der Waals surface area contributed by atoms with Crippen molar-refractivity contribution >= 4 is 38.2 Å². The largest absolute Gasteiger partial charge is 0.368 e. The van der Waals surface area contributed by atoms with Gasteiger partial charge >= 0.3 is 0 Å². The summed E-state index contributed by atoms with van der Waals surface area (Å²) < 4.78 is 26.0. The van der Waals surface area contributed by atoms with Crippen LogP contribution in [0.25, 0.3) is 10.9 Å². The lowest BCUT2D eigenvalue weighted by Crippen LogP contribution is -2.66. The molecule has 8 heteroatoms. The summed E-state index contributed by atoms with van der Waals surface area (Å²) in [5.41, 5.74) is 1.67. The number of aromatic amines is 1. The molecule has 1 aromatic carbocycles. The second kappa shape index (κ2) is 5.09. The van der Waals surface area contributed by atoms with Crippen LogP contribution in [-0.2, 0) is 10.0 Å². The number of hydrogen-bond acceptors (Lipinski definition) is 4. The van der Waals surface area contributed by atoms with Crippen molar-refractivity contribution in [2.45, 2.75) is 24.8 Å². The average molecular weight is 355 g/mol. The highest BCUT2D eigenvalue weighted by Gasteiger charge is 2.50. The lowest BCUT2D eigenvalue weighted by Gasteiger charge is -2.55. The van der Waals surface area contributed by atoms with Gasteiger partial charge in [-0.3, -0.25) is 5.10 Å². The van der Waals surface area contributed by atoms with Crippen molar-refractivity contribution in [3.05, 3.63) is 23.4 Å². The molecule has 1 saturated carbocycles. The first-order valence-electron chi connectivity index (χ1n) is 7.74. The second-order valence-electron chi connectivity index (χ2n) is 6.59. The van der Waals surface area contributed by atoms with E-state index in [4.69, 9.17) is 11.6 Å². The number of halogens is 1. The molecule has 1 spiro atoms. The second-order valence-corrected chi connectivity index (χ2v) is 8.93. The quantitative estimate of drug-likeness (QED) is 0.897. The Kier molecular flexibility index (Phi) is 3.37. The van der Waals surface area contributed by atoms with Crippen LogP contribution in [0.3, 0.4) is 0 Å². The van der Waals surface area contributed by atoms with Crippen molar-refractivity contribution in [3.8, 4) is 0 Å². The standard InChI is InChI=1S/C15H19ClN4O2S/c1-23(21,22)20-6-5-19(10-15(20)3-2-4-15)14-8-11(16)7-13-12(14)9-17-18-13/h7-9H,2-6,10H2,1H3,(H,17,18). The number of anilines is 1. The molecule has 4 rings (SSSR count). The van der Waals surface area contributed by atoms with Crippen LogP contribution in [-0.4, -0.2) is 54.3 Å². The summed E-state index contributed by atoms with van der Waals surface area (Å²) in [7, 11) is -3.18. The Morgan fingerprint density at radius 2 is 2.09 bits per heavy atom. The highest BCUT2D eigenvalue weighted by Crippen LogP contribution is 2.43. The maximum absolute atomic E-state index is 12.1. The number of nitrogens with one attached hydrogen (secondary N) is 1. The van der Waals surface area contributed by atoms with Crippen LogP contribution in [0, 0.1) is 0 Å². The summed E-state index contributed by atoms with van der Waals surface area (Å²) in [6.07, 6.45) is 6.04. The zero-order valence-corrected chi connectivity index (χ0v) is 14.5. The summed E-state index contributed by atoms with van der Waals surface area (Å²) in [5, 5.41) is 8.74. The Morgan fingerprint density at radius 1 is 1.30 bits per heavy atom. The molecule has 1 saturated heterocycles. The number of rotatable bonds is 2. The molecular formula is C15H19ClN4O2S. The number of piperazine rings is 1.